The van der Waals surface area contributed by atoms with Crippen LogP contribution in [0.3, 0.4) is 0 Å². The number of hydrogen-bond donors (Lipinski definition) is 1. The van der Waals surface area contributed by atoms with Gasteiger partial charge >= 0.3 is 0 Å². The predicted octanol–water partition coefficient (Wildman–Crippen LogP) is 2.32. The molecule has 0 bridgehead atoms. The summed E-state index contributed by atoms with van der Waals surface area (Å²) in [6.07, 6.45) is 0.839. The van der Waals surface area contributed by atoms with Crippen molar-refractivity contribution >= 4 is 15.9 Å². The highest BCUT2D eigenvalue weighted by atomic mass is 32.2. The molecule has 0 spiro atoms. The molecule has 0 aliphatic carbocycles. The molecule has 0 aromatic heterocycles. The lowest BCUT2D eigenvalue weighted by atomic mass is 10.0. The van der Waals surface area contributed by atoms with Crippen molar-refractivity contribution in [1.82, 2.24) is 4.72 Å². The van der Waals surface area contributed by atoms with Crippen molar-refractivity contribution < 1.29 is 22.0 Å². The molecule has 2 rings (SSSR count). The smallest absolute Gasteiger partial charge is 0.264 e. The van der Waals surface area contributed by atoms with Crippen LogP contribution < -0.4 is 4.72 Å². The van der Waals surface area contributed by atoms with E-state index in [1.165, 1.54) is 30.3 Å². The molecule has 1 N–H and O–H groups in total. The van der Waals surface area contributed by atoms with E-state index >= 15 is 0 Å². The molecule has 21 heavy (non-hydrogen) atoms. The van der Waals surface area contributed by atoms with Crippen molar-refractivity contribution in [2.24, 2.45) is 0 Å². The molecule has 110 valence electrons. The van der Waals surface area contributed by atoms with E-state index in [0.29, 0.717) is 0 Å². The van der Waals surface area contributed by atoms with Crippen LogP contribution >= 0.6 is 0 Å². The van der Waals surface area contributed by atoms with Crippen molar-refractivity contribution in [3.05, 3.63) is 59.7 Å². The molecule has 0 aliphatic heterocycles. The summed E-state index contributed by atoms with van der Waals surface area (Å²) in [6.45, 7) is 0. The number of hydrogen-bond acceptors (Lipinski definition) is 3. The number of carbonyl (C=O) groups is 1. The number of nitrogens with one attached hydrogen (secondary N) is 1. The summed E-state index contributed by atoms with van der Waals surface area (Å²) in [7, 11) is -3.71. The average Bonchev–Trinajstić information content (AvgIpc) is 2.37. The molecule has 0 fully saturated rings. The van der Waals surface area contributed by atoms with Crippen molar-refractivity contribution in [2.75, 3.05) is 6.26 Å². The molecular formula is C14H11F2NO3S. The Morgan fingerprint density at radius 1 is 1.05 bits per heavy atom. The number of rotatable bonds is 3. The van der Waals surface area contributed by atoms with Gasteiger partial charge in [0.2, 0.25) is 10.0 Å². The Bertz CT molecular complexity index is 783. The summed E-state index contributed by atoms with van der Waals surface area (Å²) in [5.41, 5.74) is -0.140. The Hall–Kier alpha value is -2.28. The van der Waals surface area contributed by atoms with Gasteiger partial charge in [-0.15, -0.1) is 0 Å². The monoisotopic (exact) mass is 311 g/mol. The van der Waals surface area contributed by atoms with Gasteiger partial charge in [0.1, 0.15) is 11.6 Å². The zero-order valence-corrected chi connectivity index (χ0v) is 11.7. The molecule has 2 aromatic carbocycles. The van der Waals surface area contributed by atoms with Crippen molar-refractivity contribution in [2.45, 2.75) is 0 Å². The molecule has 0 heterocycles. The summed E-state index contributed by atoms with van der Waals surface area (Å²) >= 11 is 0. The Labute approximate surface area is 120 Å². The molecule has 7 heteroatoms. The highest BCUT2D eigenvalue weighted by molar-refractivity contribution is 7.89. The van der Waals surface area contributed by atoms with Gasteiger partial charge in [-0.2, -0.15) is 0 Å². The molecular weight excluding hydrogens is 300 g/mol. The number of sulfonamides is 1. The van der Waals surface area contributed by atoms with Gasteiger partial charge in [-0.25, -0.2) is 21.9 Å². The van der Waals surface area contributed by atoms with Crippen LogP contribution in [0.15, 0.2) is 42.5 Å². The zero-order chi connectivity index (χ0) is 15.6. The Morgan fingerprint density at radius 3 is 2.19 bits per heavy atom. The summed E-state index contributed by atoms with van der Waals surface area (Å²) < 4.78 is 51.2. The minimum atomic E-state index is -3.71. The van der Waals surface area contributed by atoms with Gasteiger partial charge in [-0.05, 0) is 29.8 Å². The molecule has 0 aliphatic rings. The van der Waals surface area contributed by atoms with Gasteiger partial charge in [-0.3, -0.25) is 4.79 Å². The third-order valence-electron chi connectivity index (χ3n) is 2.65. The summed E-state index contributed by atoms with van der Waals surface area (Å²) in [5.74, 6) is -2.40. The maximum atomic E-state index is 13.7. The zero-order valence-electron chi connectivity index (χ0n) is 10.9. The van der Waals surface area contributed by atoms with Crippen molar-refractivity contribution in [1.29, 1.82) is 0 Å². The molecule has 0 radical (unpaired) electrons. The first-order valence-corrected chi connectivity index (χ1v) is 7.73. The number of amides is 1. The fraction of sp³-hybridized carbons (Fsp3) is 0.0714. The second kappa shape index (κ2) is 5.61. The number of carbonyl (C=O) groups excluding carboxylic acids is 1. The summed E-state index contributed by atoms with van der Waals surface area (Å²) in [4.78, 5) is 11.7. The van der Waals surface area contributed by atoms with Crippen LogP contribution in [-0.2, 0) is 10.0 Å². The number of benzene rings is 2. The standard InChI is InChI=1S/C14H11F2NO3S/c1-21(19,20)17-14(18)10-5-2-4-9(8-10)13-11(15)6-3-7-12(13)16/h2-8H,1H3,(H,17,18). The minimum Gasteiger partial charge on any atom is -0.268 e. The van der Waals surface area contributed by atoms with Crippen molar-refractivity contribution in [3.63, 3.8) is 0 Å². The predicted molar refractivity (Wildman–Crippen MR) is 74.1 cm³/mol. The Balaban J connectivity index is 2.45. The minimum absolute atomic E-state index is 0.0134. The Morgan fingerprint density at radius 2 is 1.62 bits per heavy atom. The van der Waals surface area contributed by atoms with Gasteiger partial charge in [0.05, 0.1) is 11.8 Å². The molecule has 2 aromatic rings. The van der Waals surface area contributed by atoms with Crippen LogP contribution in [0.1, 0.15) is 10.4 Å². The lowest BCUT2D eigenvalue weighted by Crippen LogP contribution is -2.29. The molecule has 1 amide bonds. The summed E-state index contributed by atoms with van der Waals surface area (Å²) in [5, 5.41) is 0. The van der Waals surface area contributed by atoms with Gasteiger partial charge in [-0.1, -0.05) is 18.2 Å². The maximum Gasteiger partial charge on any atom is 0.264 e. The molecule has 4 nitrogen and oxygen atoms in total. The van der Waals surface area contributed by atoms with Gasteiger partial charge in [0.25, 0.3) is 5.91 Å². The van der Waals surface area contributed by atoms with E-state index in [4.69, 9.17) is 0 Å². The molecule has 0 atom stereocenters. The fourth-order valence-electron chi connectivity index (χ4n) is 1.82. The molecule has 0 unspecified atom stereocenters. The Kier molecular flexibility index (Phi) is 4.04. The van der Waals surface area contributed by atoms with Crippen molar-refractivity contribution in [3.8, 4) is 11.1 Å². The first kappa shape index (κ1) is 15.1. The number of halogens is 2. The average molecular weight is 311 g/mol. The van der Waals surface area contributed by atoms with E-state index in [0.717, 1.165) is 18.4 Å². The lowest BCUT2D eigenvalue weighted by Gasteiger charge is -2.07. The van der Waals surface area contributed by atoms with Gasteiger partial charge < -0.3 is 0 Å². The quantitative estimate of drug-likeness (QED) is 0.946. The highest BCUT2D eigenvalue weighted by Crippen LogP contribution is 2.26. The SMILES string of the molecule is CS(=O)(=O)NC(=O)c1cccc(-c2c(F)cccc2F)c1. The summed E-state index contributed by atoms with van der Waals surface area (Å²) in [6, 6.07) is 8.85. The lowest BCUT2D eigenvalue weighted by molar-refractivity contribution is 0.0981. The van der Waals surface area contributed by atoms with Crippen LogP contribution in [0, 0.1) is 11.6 Å². The van der Waals surface area contributed by atoms with E-state index < -0.39 is 27.6 Å². The topological polar surface area (TPSA) is 63.2 Å². The first-order chi connectivity index (χ1) is 9.78. The largest absolute Gasteiger partial charge is 0.268 e. The highest BCUT2D eigenvalue weighted by Gasteiger charge is 2.15. The van der Waals surface area contributed by atoms with Crippen LogP contribution in [0.5, 0.6) is 0 Å². The van der Waals surface area contributed by atoms with E-state index in [1.54, 1.807) is 4.72 Å². The van der Waals surface area contributed by atoms with Crippen LogP contribution in [0.4, 0.5) is 8.78 Å². The normalized spacial score (nSPS) is 11.2. The second-order valence-electron chi connectivity index (χ2n) is 4.38. The van der Waals surface area contributed by atoms with Gasteiger partial charge in [0, 0.05) is 5.56 Å². The second-order valence-corrected chi connectivity index (χ2v) is 6.13. The molecule has 0 saturated heterocycles. The van der Waals surface area contributed by atoms with E-state index in [2.05, 4.69) is 0 Å². The maximum absolute atomic E-state index is 13.7. The third-order valence-corrected chi connectivity index (χ3v) is 3.21. The third kappa shape index (κ3) is 3.63. The van der Waals surface area contributed by atoms with Gasteiger partial charge in [0.15, 0.2) is 0 Å². The first-order valence-electron chi connectivity index (χ1n) is 5.84. The van der Waals surface area contributed by atoms with Crippen LogP contribution in [0.25, 0.3) is 11.1 Å². The van der Waals surface area contributed by atoms with E-state index in [1.807, 2.05) is 0 Å². The van der Waals surface area contributed by atoms with Crippen LogP contribution in [0.2, 0.25) is 0 Å². The fourth-order valence-corrected chi connectivity index (χ4v) is 2.27. The van der Waals surface area contributed by atoms with E-state index in [9.17, 15) is 22.0 Å². The van der Waals surface area contributed by atoms with E-state index in [-0.39, 0.29) is 16.7 Å². The molecule has 0 saturated carbocycles. The van der Waals surface area contributed by atoms with Crippen LogP contribution in [-0.4, -0.2) is 20.6 Å².